The number of nitrogens with zero attached hydrogens (tertiary/aromatic N) is 2. The van der Waals surface area contributed by atoms with Crippen molar-refractivity contribution in [2.75, 3.05) is 26.8 Å². The van der Waals surface area contributed by atoms with Crippen LogP contribution in [0.15, 0.2) is 4.42 Å². The Kier molecular flexibility index (Phi) is 6.06. The summed E-state index contributed by atoms with van der Waals surface area (Å²) in [6.07, 6.45) is -2.60. The predicted octanol–water partition coefficient (Wildman–Crippen LogP) is 1.34. The van der Waals surface area contributed by atoms with Crippen molar-refractivity contribution in [3.8, 4) is 0 Å². The number of hydrogen-bond acceptors (Lipinski definition) is 5. The molecule has 0 aliphatic rings. The fourth-order valence-corrected chi connectivity index (χ4v) is 1.25. The normalized spacial score (nSPS) is 12.0. The average Bonchev–Trinajstić information content (AvgIpc) is 2.72. The Hall–Kier alpha value is -1.15. The monoisotopic (exact) mass is 267 g/mol. The van der Waals surface area contributed by atoms with Gasteiger partial charge in [-0.3, -0.25) is 0 Å². The average molecular weight is 267 g/mol. The molecule has 1 aromatic rings. The third-order valence-electron chi connectivity index (χ3n) is 2.05. The lowest BCUT2D eigenvalue weighted by atomic mass is 10.3. The number of rotatable bonds is 8. The van der Waals surface area contributed by atoms with Crippen LogP contribution in [0, 0.1) is 0 Å². The second-order valence-electron chi connectivity index (χ2n) is 3.71. The fourth-order valence-electron chi connectivity index (χ4n) is 1.25. The molecule has 0 bridgehead atoms. The molecule has 0 saturated carbocycles. The van der Waals surface area contributed by atoms with Crippen LogP contribution < -0.4 is 5.32 Å². The van der Waals surface area contributed by atoms with E-state index in [0.717, 1.165) is 13.0 Å². The van der Waals surface area contributed by atoms with Crippen molar-refractivity contribution in [3.05, 3.63) is 11.8 Å². The van der Waals surface area contributed by atoms with Gasteiger partial charge in [0.25, 0.3) is 0 Å². The van der Waals surface area contributed by atoms with Crippen molar-refractivity contribution in [1.82, 2.24) is 15.5 Å². The van der Waals surface area contributed by atoms with Gasteiger partial charge in [-0.05, 0) is 20.0 Å². The van der Waals surface area contributed by atoms with E-state index in [2.05, 4.69) is 20.3 Å². The molecule has 1 aromatic heterocycles. The minimum Gasteiger partial charge on any atom is -0.425 e. The van der Waals surface area contributed by atoms with E-state index in [4.69, 9.17) is 4.42 Å². The Labute approximate surface area is 103 Å². The maximum absolute atomic E-state index is 11.8. The Morgan fingerprint density at radius 1 is 1.22 bits per heavy atom. The first-order valence-corrected chi connectivity index (χ1v) is 5.61. The molecule has 18 heavy (non-hydrogen) atoms. The fraction of sp³-hybridized carbons (Fsp3) is 0.800. The lowest BCUT2D eigenvalue weighted by Crippen LogP contribution is -2.18. The first-order valence-electron chi connectivity index (χ1n) is 5.61. The van der Waals surface area contributed by atoms with Gasteiger partial charge in [0.2, 0.25) is 11.8 Å². The minimum absolute atomic E-state index is 0.0857. The van der Waals surface area contributed by atoms with Gasteiger partial charge in [-0.25, -0.2) is 0 Å². The molecular weight excluding hydrogens is 251 g/mol. The van der Waals surface area contributed by atoms with Gasteiger partial charge >= 0.3 is 6.18 Å². The van der Waals surface area contributed by atoms with Crippen LogP contribution in [0.4, 0.5) is 13.2 Å². The summed E-state index contributed by atoms with van der Waals surface area (Å²) in [5.41, 5.74) is 0. The van der Waals surface area contributed by atoms with E-state index in [1.165, 1.54) is 0 Å². The number of ether oxygens (including phenoxy) is 1. The standard InChI is InChI=1S/C10H16F3N3O2/c1-14-5-2-3-8-15-16-9(18-8)4-6-17-7-10(11,12)13/h14H,2-7H2,1H3. The summed E-state index contributed by atoms with van der Waals surface area (Å²) in [6.45, 7) is -0.500. The van der Waals surface area contributed by atoms with Gasteiger partial charge < -0.3 is 14.5 Å². The lowest BCUT2D eigenvalue weighted by molar-refractivity contribution is -0.173. The minimum atomic E-state index is -4.30. The number of halogens is 3. The highest BCUT2D eigenvalue weighted by Gasteiger charge is 2.27. The molecular formula is C10H16F3N3O2. The Bertz CT molecular complexity index is 341. The molecule has 1 heterocycles. The molecule has 0 atom stereocenters. The SMILES string of the molecule is CNCCCc1nnc(CCOCC(F)(F)F)o1. The molecule has 0 saturated heterocycles. The van der Waals surface area contributed by atoms with Crippen LogP contribution in [-0.2, 0) is 17.6 Å². The third-order valence-corrected chi connectivity index (χ3v) is 2.05. The predicted molar refractivity (Wildman–Crippen MR) is 57.1 cm³/mol. The van der Waals surface area contributed by atoms with Crippen LogP contribution >= 0.6 is 0 Å². The second-order valence-corrected chi connectivity index (χ2v) is 3.71. The molecule has 0 spiro atoms. The molecule has 5 nitrogen and oxygen atoms in total. The number of aryl methyl sites for hydroxylation is 1. The molecule has 1 rings (SSSR count). The maximum Gasteiger partial charge on any atom is 0.411 e. The van der Waals surface area contributed by atoms with Gasteiger partial charge in [0.1, 0.15) is 6.61 Å². The van der Waals surface area contributed by atoms with E-state index in [0.29, 0.717) is 18.2 Å². The molecule has 0 aliphatic heterocycles. The molecule has 0 radical (unpaired) electrons. The highest BCUT2D eigenvalue weighted by molar-refractivity contribution is 4.82. The quantitative estimate of drug-likeness (QED) is 0.720. The van der Waals surface area contributed by atoms with E-state index in [-0.39, 0.29) is 13.0 Å². The number of nitrogens with one attached hydrogen (secondary N) is 1. The number of hydrogen-bond donors (Lipinski definition) is 1. The lowest BCUT2D eigenvalue weighted by Gasteiger charge is -2.05. The molecule has 0 aromatic carbocycles. The summed E-state index contributed by atoms with van der Waals surface area (Å²) >= 11 is 0. The third kappa shape index (κ3) is 6.55. The molecule has 0 fully saturated rings. The summed E-state index contributed by atoms with van der Waals surface area (Å²) in [7, 11) is 1.84. The maximum atomic E-state index is 11.8. The summed E-state index contributed by atoms with van der Waals surface area (Å²) in [5, 5.41) is 10.5. The molecule has 1 N–H and O–H groups in total. The van der Waals surface area contributed by atoms with E-state index in [1.807, 2.05) is 7.05 Å². The zero-order valence-corrected chi connectivity index (χ0v) is 10.1. The van der Waals surface area contributed by atoms with Gasteiger partial charge in [-0.15, -0.1) is 10.2 Å². The molecule has 0 amide bonds. The zero-order valence-electron chi connectivity index (χ0n) is 10.1. The topological polar surface area (TPSA) is 60.2 Å². The first kappa shape index (κ1) is 14.9. The summed E-state index contributed by atoms with van der Waals surface area (Å²) in [4.78, 5) is 0. The van der Waals surface area contributed by atoms with Crippen molar-refractivity contribution < 1.29 is 22.3 Å². The first-order chi connectivity index (χ1) is 8.51. The second kappa shape index (κ2) is 7.32. The van der Waals surface area contributed by atoms with Gasteiger partial charge in [0, 0.05) is 12.8 Å². The highest BCUT2D eigenvalue weighted by Crippen LogP contribution is 2.14. The van der Waals surface area contributed by atoms with E-state index in [9.17, 15) is 13.2 Å². The van der Waals surface area contributed by atoms with Crippen molar-refractivity contribution in [2.24, 2.45) is 0 Å². The largest absolute Gasteiger partial charge is 0.425 e. The highest BCUT2D eigenvalue weighted by atomic mass is 19.4. The Morgan fingerprint density at radius 3 is 2.50 bits per heavy atom. The Balaban J connectivity index is 2.19. The van der Waals surface area contributed by atoms with Crippen LogP contribution in [0.25, 0.3) is 0 Å². The molecule has 0 unspecified atom stereocenters. The Morgan fingerprint density at radius 2 is 1.89 bits per heavy atom. The summed E-state index contributed by atoms with van der Waals surface area (Å²) in [6, 6.07) is 0. The van der Waals surface area contributed by atoms with Crippen LogP contribution in [0.3, 0.4) is 0 Å². The van der Waals surface area contributed by atoms with Crippen molar-refractivity contribution in [2.45, 2.75) is 25.4 Å². The van der Waals surface area contributed by atoms with Crippen LogP contribution in [0.1, 0.15) is 18.2 Å². The molecule has 104 valence electrons. The van der Waals surface area contributed by atoms with Crippen LogP contribution in [0.2, 0.25) is 0 Å². The summed E-state index contributed by atoms with van der Waals surface area (Å²) in [5.74, 6) is 0.799. The van der Waals surface area contributed by atoms with Crippen LogP contribution in [0.5, 0.6) is 0 Å². The smallest absolute Gasteiger partial charge is 0.411 e. The molecule has 8 heteroatoms. The molecule has 0 aliphatic carbocycles. The number of alkyl halides is 3. The van der Waals surface area contributed by atoms with Gasteiger partial charge in [-0.1, -0.05) is 0 Å². The van der Waals surface area contributed by atoms with Gasteiger partial charge in [0.05, 0.1) is 6.61 Å². The van der Waals surface area contributed by atoms with Gasteiger partial charge in [0.15, 0.2) is 0 Å². The van der Waals surface area contributed by atoms with E-state index in [1.54, 1.807) is 0 Å². The van der Waals surface area contributed by atoms with Crippen molar-refractivity contribution in [1.29, 1.82) is 0 Å². The van der Waals surface area contributed by atoms with Crippen molar-refractivity contribution >= 4 is 0 Å². The van der Waals surface area contributed by atoms with Gasteiger partial charge in [-0.2, -0.15) is 13.2 Å². The van der Waals surface area contributed by atoms with E-state index < -0.39 is 12.8 Å². The van der Waals surface area contributed by atoms with Crippen molar-refractivity contribution in [3.63, 3.8) is 0 Å². The van der Waals surface area contributed by atoms with Crippen LogP contribution in [-0.4, -0.2) is 43.2 Å². The van der Waals surface area contributed by atoms with E-state index >= 15 is 0 Å². The zero-order chi connectivity index (χ0) is 13.4. The number of aromatic nitrogens is 2. The summed E-state index contributed by atoms with van der Waals surface area (Å²) < 4.78 is 45.0.